The van der Waals surface area contributed by atoms with Crippen LogP contribution in [0.25, 0.3) is 0 Å². The van der Waals surface area contributed by atoms with Gasteiger partial charge in [0, 0.05) is 30.0 Å². The summed E-state index contributed by atoms with van der Waals surface area (Å²) < 4.78 is 5.27. The van der Waals surface area contributed by atoms with Crippen LogP contribution in [0.3, 0.4) is 0 Å². The molecule has 1 aliphatic heterocycles. The lowest BCUT2D eigenvalue weighted by Gasteiger charge is -2.10. The van der Waals surface area contributed by atoms with Gasteiger partial charge in [-0.3, -0.25) is 0 Å². The standard InChI is InChI=1S/C11H17NOS/c1-9-7-10(8-14-9)12-5-4-11-3-2-6-13-11/h2-3,6,9-10,12H,4-5,7-8H2,1H3. The van der Waals surface area contributed by atoms with E-state index in [0.717, 1.165) is 24.0 Å². The van der Waals surface area contributed by atoms with Crippen LogP contribution in [0.1, 0.15) is 19.1 Å². The Kier molecular flexibility index (Phi) is 3.54. The van der Waals surface area contributed by atoms with E-state index in [1.54, 1.807) is 6.26 Å². The molecule has 1 aromatic rings. The summed E-state index contributed by atoms with van der Waals surface area (Å²) in [6.07, 6.45) is 4.05. The van der Waals surface area contributed by atoms with Gasteiger partial charge >= 0.3 is 0 Å². The van der Waals surface area contributed by atoms with Gasteiger partial charge in [0.15, 0.2) is 0 Å². The molecule has 78 valence electrons. The van der Waals surface area contributed by atoms with Gasteiger partial charge in [-0.15, -0.1) is 0 Å². The molecule has 2 unspecified atom stereocenters. The van der Waals surface area contributed by atoms with E-state index in [-0.39, 0.29) is 0 Å². The van der Waals surface area contributed by atoms with Crippen molar-refractivity contribution in [3.05, 3.63) is 24.2 Å². The van der Waals surface area contributed by atoms with Gasteiger partial charge < -0.3 is 9.73 Å². The summed E-state index contributed by atoms with van der Waals surface area (Å²) in [6, 6.07) is 4.70. The molecule has 0 radical (unpaired) electrons. The Labute approximate surface area is 89.4 Å². The topological polar surface area (TPSA) is 25.2 Å². The van der Waals surface area contributed by atoms with Gasteiger partial charge in [0.05, 0.1) is 6.26 Å². The van der Waals surface area contributed by atoms with Crippen molar-refractivity contribution in [3.63, 3.8) is 0 Å². The molecule has 1 aromatic heterocycles. The number of hydrogen-bond donors (Lipinski definition) is 1. The summed E-state index contributed by atoms with van der Waals surface area (Å²) in [5.41, 5.74) is 0. The molecular weight excluding hydrogens is 194 g/mol. The average Bonchev–Trinajstić information content (AvgIpc) is 2.77. The first-order valence-corrected chi connectivity index (χ1v) is 6.27. The maximum Gasteiger partial charge on any atom is 0.105 e. The second-order valence-corrected chi connectivity index (χ2v) is 5.33. The minimum Gasteiger partial charge on any atom is -0.469 e. The average molecular weight is 211 g/mol. The lowest BCUT2D eigenvalue weighted by molar-refractivity contribution is 0.479. The first-order chi connectivity index (χ1) is 6.84. The molecule has 0 aromatic carbocycles. The molecule has 14 heavy (non-hydrogen) atoms. The van der Waals surface area contributed by atoms with Crippen LogP contribution in [0.2, 0.25) is 0 Å². The third kappa shape index (κ3) is 2.79. The highest BCUT2D eigenvalue weighted by molar-refractivity contribution is 8.00. The highest BCUT2D eigenvalue weighted by Crippen LogP contribution is 2.25. The first kappa shape index (κ1) is 10.1. The fourth-order valence-corrected chi connectivity index (χ4v) is 3.00. The molecule has 3 heteroatoms. The van der Waals surface area contributed by atoms with E-state index in [0.29, 0.717) is 6.04 Å². The van der Waals surface area contributed by atoms with Gasteiger partial charge in [-0.25, -0.2) is 0 Å². The van der Waals surface area contributed by atoms with Crippen LogP contribution in [0.15, 0.2) is 22.8 Å². The quantitative estimate of drug-likeness (QED) is 0.827. The van der Waals surface area contributed by atoms with Crippen LogP contribution in [-0.2, 0) is 6.42 Å². The van der Waals surface area contributed by atoms with Crippen LogP contribution in [0.4, 0.5) is 0 Å². The molecule has 0 amide bonds. The van der Waals surface area contributed by atoms with Crippen LogP contribution < -0.4 is 5.32 Å². The van der Waals surface area contributed by atoms with Gasteiger partial charge in [-0.1, -0.05) is 6.92 Å². The second-order valence-electron chi connectivity index (χ2n) is 3.86. The summed E-state index contributed by atoms with van der Waals surface area (Å²) in [5, 5.41) is 4.40. The molecular formula is C11H17NOS. The molecule has 0 bridgehead atoms. The molecule has 1 saturated heterocycles. The van der Waals surface area contributed by atoms with Crippen molar-refractivity contribution in [1.82, 2.24) is 5.32 Å². The Balaban J connectivity index is 1.64. The van der Waals surface area contributed by atoms with Crippen LogP contribution in [0, 0.1) is 0 Å². The van der Waals surface area contributed by atoms with Crippen molar-refractivity contribution >= 4 is 11.8 Å². The summed E-state index contributed by atoms with van der Waals surface area (Å²) in [4.78, 5) is 0. The predicted octanol–water partition coefficient (Wildman–Crippen LogP) is 2.31. The number of thioether (sulfide) groups is 1. The van der Waals surface area contributed by atoms with Crippen molar-refractivity contribution in [2.75, 3.05) is 12.3 Å². The third-order valence-electron chi connectivity index (χ3n) is 2.58. The molecule has 1 N–H and O–H groups in total. The van der Waals surface area contributed by atoms with Crippen LogP contribution >= 0.6 is 11.8 Å². The highest BCUT2D eigenvalue weighted by atomic mass is 32.2. The van der Waals surface area contributed by atoms with Gasteiger partial charge in [0.2, 0.25) is 0 Å². The largest absolute Gasteiger partial charge is 0.469 e. The predicted molar refractivity (Wildman–Crippen MR) is 60.7 cm³/mol. The minimum atomic E-state index is 0.713. The van der Waals surface area contributed by atoms with Gasteiger partial charge in [-0.05, 0) is 18.6 Å². The molecule has 2 rings (SSSR count). The zero-order valence-corrected chi connectivity index (χ0v) is 9.35. The first-order valence-electron chi connectivity index (χ1n) is 5.22. The van der Waals surface area contributed by atoms with E-state index >= 15 is 0 Å². The summed E-state index contributed by atoms with van der Waals surface area (Å²) in [6.45, 7) is 3.34. The highest BCUT2D eigenvalue weighted by Gasteiger charge is 2.20. The molecule has 2 heterocycles. The van der Waals surface area contributed by atoms with E-state index in [2.05, 4.69) is 24.0 Å². The molecule has 1 aliphatic rings. The number of hydrogen-bond acceptors (Lipinski definition) is 3. The number of furan rings is 1. The second kappa shape index (κ2) is 4.89. The van der Waals surface area contributed by atoms with Crippen molar-refractivity contribution in [2.24, 2.45) is 0 Å². The summed E-state index contributed by atoms with van der Waals surface area (Å²) in [5.74, 6) is 2.34. The van der Waals surface area contributed by atoms with Crippen molar-refractivity contribution in [1.29, 1.82) is 0 Å². The zero-order valence-electron chi connectivity index (χ0n) is 8.53. The lowest BCUT2D eigenvalue weighted by atomic mass is 10.2. The molecule has 0 aliphatic carbocycles. The smallest absolute Gasteiger partial charge is 0.105 e. The molecule has 0 spiro atoms. The molecule has 2 nitrogen and oxygen atoms in total. The summed E-state index contributed by atoms with van der Waals surface area (Å²) >= 11 is 2.07. The third-order valence-corrected chi connectivity index (χ3v) is 3.94. The van der Waals surface area contributed by atoms with Crippen molar-refractivity contribution in [3.8, 4) is 0 Å². The Morgan fingerprint density at radius 2 is 2.57 bits per heavy atom. The minimum absolute atomic E-state index is 0.713. The van der Waals surface area contributed by atoms with E-state index in [9.17, 15) is 0 Å². The Morgan fingerprint density at radius 3 is 3.21 bits per heavy atom. The molecule has 1 fully saturated rings. The van der Waals surface area contributed by atoms with E-state index in [1.807, 2.05) is 12.1 Å². The van der Waals surface area contributed by atoms with Gasteiger partial charge in [0.1, 0.15) is 5.76 Å². The Hall–Kier alpha value is -0.410. The van der Waals surface area contributed by atoms with Crippen LogP contribution in [-0.4, -0.2) is 23.6 Å². The van der Waals surface area contributed by atoms with Crippen molar-refractivity contribution < 1.29 is 4.42 Å². The monoisotopic (exact) mass is 211 g/mol. The van der Waals surface area contributed by atoms with Gasteiger partial charge in [-0.2, -0.15) is 11.8 Å². The maximum atomic E-state index is 5.27. The Morgan fingerprint density at radius 1 is 1.64 bits per heavy atom. The Bertz CT molecular complexity index is 260. The number of rotatable bonds is 4. The zero-order chi connectivity index (χ0) is 9.80. The fraction of sp³-hybridized carbons (Fsp3) is 0.636. The number of nitrogens with one attached hydrogen (secondary N) is 1. The van der Waals surface area contributed by atoms with Gasteiger partial charge in [0.25, 0.3) is 0 Å². The van der Waals surface area contributed by atoms with E-state index in [1.165, 1.54) is 12.2 Å². The summed E-state index contributed by atoms with van der Waals surface area (Å²) in [7, 11) is 0. The lowest BCUT2D eigenvalue weighted by Crippen LogP contribution is -2.30. The maximum absolute atomic E-state index is 5.27. The molecule has 2 atom stereocenters. The normalized spacial score (nSPS) is 26.9. The fourth-order valence-electron chi connectivity index (χ4n) is 1.81. The van der Waals surface area contributed by atoms with E-state index in [4.69, 9.17) is 4.42 Å². The van der Waals surface area contributed by atoms with Crippen LogP contribution in [0.5, 0.6) is 0 Å². The molecule has 0 saturated carbocycles. The van der Waals surface area contributed by atoms with E-state index < -0.39 is 0 Å². The van der Waals surface area contributed by atoms with Crippen molar-refractivity contribution in [2.45, 2.75) is 31.1 Å². The SMILES string of the molecule is CC1CC(NCCc2ccco2)CS1.